The number of rotatable bonds is 5. The van der Waals surface area contributed by atoms with E-state index in [1.54, 1.807) is 11.8 Å². The van der Waals surface area contributed by atoms with Gasteiger partial charge in [0.25, 0.3) is 0 Å². The number of nitrogens with zero attached hydrogens (tertiary/aromatic N) is 2. The molecular formula is C17H22FN3S. The molecule has 1 aliphatic heterocycles. The summed E-state index contributed by atoms with van der Waals surface area (Å²) in [5.74, 6) is -0.191. The van der Waals surface area contributed by atoms with E-state index in [0.717, 1.165) is 42.9 Å². The first-order valence-corrected chi connectivity index (χ1v) is 8.79. The van der Waals surface area contributed by atoms with E-state index in [1.165, 1.54) is 22.7 Å². The number of halogens is 1. The Morgan fingerprint density at radius 1 is 1.27 bits per heavy atom. The number of hydrogen-bond donors (Lipinski definition) is 1. The molecule has 2 heterocycles. The summed E-state index contributed by atoms with van der Waals surface area (Å²) >= 11 is 1.71. The number of benzene rings is 1. The van der Waals surface area contributed by atoms with Gasteiger partial charge in [0.2, 0.25) is 0 Å². The van der Waals surface area contributed by atoms with Gasteiger partial charge in [-0.3, -0.25) is 4.68 Å². The number of nitrogens with one attached hydrogen (secondary N) is 1. The van der Waals surface area contributed by atoms with Gasteiger partial charge >= 0.3 is 0 Å². The summed E-state index contributed by atoms with van der Waals surface area (Å²) in [6.07, 6.45) is 3.02. The van der Waals surface area contributed by atoms with Gasteiger partial charge in [-0.05, 0) is 50.1 Å². The van der Waals surface area contributed by atoms with Crippen LogP contribution in [0.25, 0.3) is 0 Å². The van der Waals surface area contributed by atoms with Crippen molar-refractivity contribution >= 4 is 11.8 Å². The Kier molecular flexibility index (Phi) is 4.84. The summed E-state index contributed by atoms with van der Waals surface area (Å²) in [6, 6.07) is 7.18. The minimum Gasteiger partial charge on any atom is -0.315 e. The Balaban J connectivity index is 1.95. The van der Waals surface area contributed by atoms with E-state index in [1.807, 2.05) is 12.1 Å². The molecule has 1 fully saturated rings. The van der Waals surface area contributed by atoms with Crippen LogP contribution < -0.4 is 5.32 Å². The van der Waals surface area contributed by atoms with Crippen molar-refractivity contribution in [3.8, 4) is 0 Å². The topological polar surface area (TPSA) is 29.9 Å². The van der Waals surface area contributed by atoms with E-state index in [-0.39, 0.29) is 5.82 Å². The Labute approximate surface area is 135 Å². The van der Waals surface area contributed by atoms with Crippen molar-refractivity contribution in [1.82, 2.24) is 15.1 Å². The molecule has 22 heavy (non-hydrogen) atoms. The fraction of sp³-hybridized carbons (Fsp3) is 0.471. The zero-order chi connectivity index (χ0) is 15.5. The Morgan fingerprint density at radius 3 is 2.64 bits per heavy atom. The first kappa shape index (κ1) is 15.6. The van der Waals surface area contributed by atoms with Crippen LogP contribution in [-0.2, 0) is 12.8 Å². The second-order valence-corrected chi connectivity index (χ2v) is 6.66. The highest BCUT2D eigenvalue weighted by Crippen LogP contribution is 2.35. The minimum absolute atomic E-state index is 0.191. The van der Waals surface area contributed by atoms with E-state index in [4.69, 9.17) is 5.10 Å². The average Bonchev–Trinajstić information content (AvgIpc) is 3.16. The van der Waals surface area contributed by atoms with Crippen LogP contribution >= 0.6 is 11.8 Å². The summed E-state index contributed by atoms with van der Waals surface area (Å²) in [7, 11) is 0. The van der Waals surface area contributed by atoms with Crippen molar-refractivity contribution < 1.29 is 4.39 Å². The summed E-state index contributed by atoms with van der Waals surface area (Å²) in [6.45, 7) is 6.39. The number of aromatic nitrogens is 2. The monoisotopic (exact) mass is 319 g/mol. The highest BCUT2D eigenvalue weighted by atomic mass is 32.2. The van der Waals surface area contributed by atoms with E-state index in [9.17, 15) is 4.39 Å². The molecule has 3 rings (SSSR count). The van der Waals surface area contributed by atoms with Crippen molar-refractivity contribution in [1.29, 1.82) is 0 Å². The molecule has 0 bridgehead atoms. The van der Waals surface area contributed by atoms with Crippen LogP contribution in [0.15, 0.2) is 34.1 Å². The zero-order valence-corrected chi connectivity index (χ0v) is 13.9. The van der Waals surface area contributed by atoms with E-state index >= 15 is 0 Å². The van der Waals surface area contributed by atoms with Gasteiger partial charge in [-0.25, -0.2) is 4.39 Å². The van der Waals surface area contributed by atoms with E-state index in [0.29, 0.717) is 6.04 Å². The molecule has 1 aromatic carbocycles. The molecule has 2 aromatic rings. The third-order valence-corrected chi connectivity index (χ3v) is 5.30. The second-order valence-electron chi connectivity index (χ2n) is 5.58. The van der Waals surface area contributed by atoms with Crippen molar-refractivity contribution in [3.63, 3.8) is 0 Å². The lowest BCUT2D eigenvalue weighted by Crippen LogP contribution is -2.16. The predicted octanol–water partition coefficient (Wildman–Crippen LogP) is 3.83. The van der Waals surface area contributed by atoms with Crippen LogP contribution in [0, 0.1) is 5.82 Å². The molecule has 3 nitrogen and oxygen atoms in total. The minimum atomic E-state index is -0.191. The van der Waals surface area contributed by atoms with Crippen LogP contribution in [0.5, 0.6) is 0 Å². The predicted molar refractivity (Wildman–Crippen MR) is 88.0 cm³/mol. The lowest BCUT2D eigenvalue weighted by atomic mass is 10.2. The molecule has 0 spiro atoms. The first-order valence-electron chi connectivity index (χ1n) is 7.97. The fourth-order valence-corrected chi connectivity index (χ4v) is 4.12. The molecule has 1 N–H and O–H groups in total. The second kappa shape index (κ2) is 6.84. The average molecular weight is 319 g/mol. The maximum atomic E-state index is 13.1. The standard InChI is InChI=1S/C17H22FN3S/c1-3-15-17(22-14-7-5-12(18)6-8-14)16(4-2)21(20-15)13-9-10-19-11-13/h5-8,13,19H,3-4,9-11H2,1-2H3/t13-/m1/s1. The molecule has 1 saturated heterocycles. The van der Waals surface area contributed by atoms with Gasteiger partial charge in [0, 0.05) is 11.4 Å². The molecule has 0 radical (unpaired) electrons. The Hall–Kier alpha value is -1.33. The van der Waals surface area contributed by atoms with Crippen LogP contribution in [0.2, 0.25) is 0 Å². The Morgan fingerprint density at radius 2 is 2.05 bits per heavy atom. The number of aryl methyl sites for hydroxylation is 1. The molecular weight excluding hydrogens is 297 g/mol. The van der Waals surface area contributed by atoms with E-state index in [2.05, 4.69) is 23.8 Å². The van der Waals surface area contributed by atoms with Crippen molar-refractivity contribution in [3.05, 3.63) is 41.5 Å². The molecule has 118 valence electrons. The quantitative estimate of drug-likeness (QED) is 0.908. The van der Waals surface area contributed by atoms with Gasteiger partial charge in [-0.1, -0.05) is 25.6 Å². The van der Waals surface area contributed by atoms with Gasteiger partial charge in [0.05, 0.1) is 22.3 Å². The van der Waals surface area contributed by atoms with Gasteiger partial charge in [-0.2, -0.15) is 5.10 Å². The lowest BCUT2D eigenvalue weighted by molar-refractivity contribution is 0.469. The molecule has 1 aromatic heterocycles. The molecule has 5 heteroatoms. The highest BCUT2D eigenvalue weighted by molar-refractivity contribution is 7.99. The molecule has 0 aliphatic carbocycles. The third-order valence-electron chi connectivity index (χ3n) is 4.11. The number of hydrogen-bond acceptors (Lipinski definition) is 3. The summed E-state index contributed by atoms with van der Waals surface area (Å²) < 4.78 is 15.3. The van der Waals surface area contributed by atoms with Crippen molar-refractivity contribution in [2.75, 3.05) is 13.1 Å². The zero-order valence-electron chi connectivity index (χ0n) is 13.1. The van der Waals surface area contributed by atoms with Crippen LogP contribution in [0.4, 0.5) is 4.39 Å². The smallest absolute Gasteiger partial charge is 0.123 e. The largest absolute Gasteiger partial charge is 0.315 e. The molecule has 0 amide bonds. The molecule has 1 atom stereocenters. The normalized spacial score (nSPS) is 18.0. The first-order chi connectivity index (χ1) is 10.7. The molecule has 0 unspecified atom stereocenters. The van der Waals surface area contributed by atoms with Crippen LogP contribution in [0.1, 0.15) is 37.7 Å². The summed E-state index contributed by atoms with van der Waals surface area (Å²) in [5, 5.41) is 8.29. The molecule has 1 aliphatic rings. The van der Waals surface area contributed by atoms with Crippen molar-refractivity contribution in [2.45, 2.75) is 48.9 Å². The van der Waals surface area contributed by atoms with Gasteiger partial charge in [-0.15, -0.1) is 0 Å². The SMILES string of the molecule is CCc1nn([C@@H]2CCNC2)c(CC)c1Sc1ccc(F)cc1. The van der Waals surface area contributed by atoms with Crippen LogP contribution in [0.3, 0.4) is 0 Å². The maximum Gasteiger partial charge on any atom is 0.123 e. The van der Waals surface area contributed by atoms with Crippen molar-refractivity contribution in [2.24, 2.45) is 0 Å². The van der Waals surface area contributed by atoms with Gasteiger partial charge in [0.1, 0.15) is 5.82 Å². The van der Waals surface area contributed by atoms with Gasteiger partial charge in [0.15, 0.2) is 0 Å². The van der Waals surface area contributed by atoms with Gasteiger partial charge < -0.3 is 5.32 Å². The van der Waals surface area contributed by atoms with Crippen LogP contribution in [-0.4, -0.2) is 22.9 Å². The third kappa shape index (κ3) is 3.06. The Bertz CT molecular complexity index is 630. The maximum absolute atomic E-state index is 13.1. The summed E-state index contributed by atoms with van der Waals surface area (Å²) in [4.78, 5) is 2.32. The summed E-state index contributed by atoms with van der Waals surface area (Å²) in [5.41, 5.74) is 2.46. The fourth-order valence-electron chi connectivity index (χ4n) is 2.95. The van der Waals surface area contributed by atoms with E-state index < -0.39 is 0 Å². The highest BCUT2D eigenvalue weighted by Gasteiger charge is 2.24. The molecule has 0 saturated carbocycles. The lowest BCUT2D eigenvalue weighted by Gasteiger charge is -2.13.